The Kier molecular flexibility index (Phi) is 3.43. The lowest BCUT2D eigenvalue weighted by Gasteiger charge is -1.96. The molecule has 1 atom stereocenters. The number of rotatable bonds is 4. The van der Waals surface area contributed by atoms with E-state index in [0.29, 0.717) is 13.0 Å². The van der Waals surface area contributed by atoms with E-state index in [1.807, 2.05) is 6.92 Å². The predicted molar refractivity (Wildman–Crippen MR) is 51.1 cm³/mol. The van der Waals surface area contributed by atoms with Gasteiger partial charge in [-0.15, -0.1) is 0 Å². The van der Waals surface area contributed by atoms with Crippen molar-refractivity contribution in [2.24, 2.45) is 0 Å². The number of hydrogen-bond donors (Lipinski definition) is 3. The van der Waals surface area contributed by atoms with Crippen LogP contribution in [0.15, 0.2) is 4.79 Å². The zero-order valence-electron chi connectivity index (χ0n) is 7.73. The van der Waals surface area contributed by atoms with Crippen LogP contribution in [0.5, 0.6) is 5.88 Å². The summed E-state index contributed by atoms with van der Waals surface area (Å²) in [6.07, 6.45) is 1.58. The molecule has 0 aromatic carbocycles. The Morgan fingerprint density at radius 1 is 1.57 bits per heavy atom. The van der Waals surface area contributed by atoms with E-state index in [0.717, 1.165) is 11.0 Å². The lowest BCUT2D eigenvalue weighted by atomic mass is 10.3. The quantitative estimate of drug-likeness (QED) is 0.623. The summed E-state index contributed by atoms with van der Waals surface area (Å²) < 4.78 is 11.9. The highest BCUT2D eigenvalue weighted by Gasteiger charge is 2.30. The van der Waals surface area contributed by atoms with Gasteiger partial charge in [0.2, 0.25) is 0 Å². The summed E-state index contributed by atoms with van der Waals surface area (Å²) in [5.74, 6) is -0.519. The van der Waals surface area contributed by atoms with Crippen molar-refractivity contribution in [1.82, 2.24) is 9.55 Å². The molecule has 1 unspecified atom stereocenters. The molecule has 14 heavy (non-hydrogen) atoms. The predicted octanol–water partition coefficient (Wildman–Crippen LogP) is 0.0421. The van der Waals surface area contributed by atoms with E-state index in [2.05, 4.69) is 4.98 Å². The molecule has 78 valence electrons. The lowest BCUT2D eigenvalue weighted by molar-refractivity contribution is 0.456. The second kappa shape index (κ2) is 4.39. The minimum absolute atomic E-state index is 0.224. The molecule has 0 aliphatic carbocycles. The third-order valence-electron chi connectivity index (χ3n) is 1.85. The maximum absolute atomic E-state index is 11.2. The van der Waals surface area contributed by atoms with Crippen LogP contribution in [0.2, 0.25) is 0 Å². The maximum Gasteiger partial charge on any atom is 0.571 e. The summed E-state index contributed by atoms with van der Waals surface area (Å²) in [6, 6.07) is 0. The van der Waals surface area contributed by atoms with Crippen LogP contribution in [0.4, 0.5) is 0 Å². The van der Waals surface area contributed by atoms with Crippen LogP contribution >= 0.6 is 8.03 Å². The molecule has 6 nitrogen and oxygen atoms in total. The van der Waals surface area contributed by atoms with Crippen molar-refractivity contribution in [2.45, 2.75) is 26.3 Å². The first-order chi connectivity index (χ1) is 6.57. The zero-order chi connectivity index (χ0) is 10.7. The number of unbranched alkanes of at least 4 members (excludes halogenated alkanes) is 1. The van der Waals surface area contributed by atoms with Gasteiger partial charge in [-0.1, -0.05) is 13.3 Å². The Bertz CT molecular complexity index is 395. The van der Waals surface area contributed by atoms with Crippen LogP contribution in [0.3, 0.4) is 0 Å². The van der Waals surface area contributed by atoms with E-state index in [1.54, 1.807) is 0 Å². The van der Waals surface area contributed by atoms with Crippen molar-refractivity contribution >= 4 is 13.5 Å². The molecular formula is C7H12N2O4P+. The molecule has 0 spiro atoms. The maximum atomic E-state index is 11.2. The molecule has 1 heterocycles. The molecular weight excluding hydrogens is 207 g/mol. The summed E-state index contributed by atoms with van der Waals surface area (Å²) in [5.41, 5.74) is -0.776. The van der Waals surface area contributed by atoms with Gasteiger partial charge in [0.05, 0.1) is 0 Å². The molecule has 1 rings (SSSR count). The van der Waals surface area contributed by atoms with Crippen LogP contribution in [0, 0.1) is 0 Å². The second-order valence-electron chi connectivity index (χ2n) is 2.88. The largest absolute Gasteiger partial charge is 0.571 e. The van der Waals surface area contributed by atoms with Crippen LogP contribution in [0.25, 0.3) is 0 Å². The van der Waals surface area contributed by atoms with Crippen molar-refractivity contribution in [3.63, 3.8) is 0 Å². The van der Waals surface area contributed by atoms with E-state index in [1.165, 1.54) is 0 Å². The molecule has 0 saturated carbocycles. The van der Waals surface area contributed by atoms with Crippen LogP contribution < -0.4 is 11.1 Å². The number of imidazole rings is 1. The normalized spacial score (nSPS) is 11.7. The van der Waals surface area contributed by atoms with Crippen molar-refractivity contribution < 1.29 is 14.6 Å². The molecule has 1 aromatic heterocycles. The molecule has 7 heteroatoms. The van der Waals surface area contributed by atoms with Gasteiger partial charge in [0, 0.05) is 6.54 Å². The number of nitrogens with one attached hydrogen (secondary N) is 1. The standard InChI is InChI=1S/C7H11N2O4P/c1-2-3-4-9-6(14(12)13)5(10)8-7(9)11/h2-4H2,1H3,(H2-,8,10,11,12,13)/p+1. The summed E-state index contributed by atoms with van der Waals surface area (Å²) in [7, 11) is -2.70. The smallest absolute Gasteiger partial charge is 0.490 e. The van der Waals surface area contributed by atoms with Gasteiger partial charge in [-0.05, 0) is 11.0 Å². The Labute approximate surface area is 81.1 Å². The van der Waals surface area contributed by atoms with E-state index >= 15 is 0 Å². The monoisotopic (exact) mass is 219 g/mol. The summed E-state index contributed by atoms with van der Waals surface area (Å²) in [6.45, 7) is 2.28. The van der Waals surface area contributed by atoms with Crippen LogP contribution in [0.1, 0.15) is 19.8 Å². The average Bonchev–Trinajstić information content (AvgIpc) is 2.37. The third kappa shape index (κ3) is 2.02. The van der Waals surface area contributed by atoms with Gasteiger partial charge in [-0.3, -0.25) is 4.98 Å². The fraction of sp³-hybridized carbons (Fsp3) is 0.571. The van der Waals surface area contributed by atoms with Gasteiger partial charge in [0.25, 0.3) is 5.88 Å². The highest BCUT2D eigenvalue weighted by atomic mass is 31.1. The van der Waals surface area contributed by atoms with Gasteiger partial charge < -0.3 is 5.11 Å². The summed E-state index contributed by atoms with van der Waals surface area (Å²) in [5, 5.41) is 9.16. The van der Waals surface area contributed by atoms with Crippen LogP contribution in [-0.2, 0) is 11.1 Å². The van der Waals surface area contributed by atoms with E-state index in [4.69, 9.17) is 10.00 Å². The topological polar surface area (TPSA) is 95.3 Å². The van der Waals surface area contributed by atoms with Gasteiger partial charge in [0.15, 0.2) is 0 Å². The minimum Gasteiger partial charge on any atom is -0.490 e. The second-order valence-corrected chi connectivity index (χ2v) is 3.85. The third-order valence-corrected chi connectivity index (χ3v) is 2.67. The van der Waals surface area contributed by atoms with Crippen LogP contribution in [-0.4, -0.2) is 19.6 Å². The highest BCUT2D eigenvalue weighted by molar-refractivity contribution is 7.47. The van der Waals surface area contributed by atoms with E-state index < -0.39 is 19.6 Å². The number of aromatic hydroxyl groups is 1. The average molecular weight is 219 g/mol. The van der Waals surface area contributed by atoms with E-state index in [9.17, 15) is 9.36 Å². The van der Waals surface area contributed by atoms with E-state index in [-0.39, 0.29) is 5.44 Å². The first-order valence-electron chi connectivity index (χ1n) is 4.25. The first kappa shape index (κ1) is 10.9. The number of aromatic nitrogens is 2. The fourth-order valence-corrected chi connectivity index (χ4v) is 1.80. The highest BCUT2D eigenvalue weighted by Crippen LogP contribution is 2.17. The van der Waals surface area contributed by atoms with Crippen molar-refractivity contribution in [3.05, 3.63) is 10.5 Å². The fourth-order valence-electron chi connectivity index (χ4n) is 1.17. The summed E-state index contributed by atoms with van der Waals surface area (Å²) >= 11 is 0. The van der Waals surface area contributed by atoms with Gasteiger partial charge in [-0.25, -0.2) is 9.36 Å². The Morgan fingerprint density at radius 2 is 2.21 bits per heavy atom. The molecule has 0 saturated heterocycles. The molecule has 0 amide bonds. The minimum atomic E-state index is -2.70. The first-order valence-corrected chi connectivity index (χ1v) is 5.47. The molecule has 0 bridgehead atoms. The molecule has 3 N–H and O–H groups in total. The van der Waals surface area contributed by atoms with Crippen molar-refractivity contribution in [1.29, 1.82) is 0 Å². The Balaban J connectivity index is 3.12. The molecule has 0 radical (unpaired) electrons. The molecule has 1 aromatic rings. The molecule has 0 fully saturated rings. The molecule has 0 aliphatic heterocycles. The Hall–Kier alpha value is -1.13. The SMILES string of the molecule is CCCCn1c([P+](=O)O)c(O)[nH]c1=O. The van der Waals surface area contributed by atoms with Crippen molar-refractivity contribution in [3.8, 4) is 5.88 Å². The zero-order valence-corrected chi connectivity index (χ0v) is 8.62. The Morgan fingerprint density at radius 3 is 2.71 bits per heavy atom. The lowest BCUT2D eigenvalue weighted by Crippen LogP contribution is -2.24. The number of H-pyrrole nitrogens is 1. The van der Waals surface area contributed by atoms with Gasteiger partial charge in [-0.2, -0.15) is 4.89 Å². The van der Waals surface area contributed by atoms with Gasteiger partial charge >= 0.3 is 19.2 Å². The van der Waals surface area contributed by atoms with Crippen molar-refractivity contribution in [2.75, 3.05) is 0 Å². The van der Waals surface area contributed by atoms with Gasteiger partial charge in [0.1, 0.15) is 0 Å². The molecule has 0 aliphatic rings. The summed E-state index contributed by atoms with van der Waals surface area (Å²) in [4.78, 5) is 22.1. The number of nitrogens with zero attached hydrogens (tertiary/aromatic N) is 1. The number of aromatic amines is 1. The number of hydrogen-bond acceptors (Lipinski definition) is 3.